The number of rotatable bonds is 4. The van der Waals surface area contributed by atoms with Crippen LogP contribution < -0.4 is 68.6 Å². The summed E-state index contributed by atoms with van der Waals surface area (Å²) in [6.07, 6.45) is 0. The SMILES string of the molecule is COc1cc(S(=O)(=O)[O-])cc(S(=O)(=O)[O-])c1OC.[Na+].[Na+]. The van der Waals surface area contributed by atoms with E-state index >= 15 is 0 Å². The molecule has 12 heteroatoms. The first-order chi connectivity index (χ1) is 8.11. The zero-order valence-electron chi connectivity index (χ0n) is 11.2. The maximum absolute atomic E-state index is 11.0. The summed E-state index contributed by atoms with van der Waals surface area (Å²) in [6.45, 7) is 0. The molecular formula is C8H8Na2O8S2. The summed E-state index contributed by atoms with van der Waals surface area (Å²) in [5.41, 5.74) is 0. The first-order valence-electron chi connectivity index (χ1n) is 4.29. The Balaban J connectivity index is 0. The standard InChI is InChI=1S/C8H10O8S2.2Na/c1-15-6-3-5(17(9,10)11)4-7(8(6)16-2)18(12,13)14;;/h3-4H,1-2H3,(H,9,10,11)(H,12,13,14);;/q;2*+1/p-2. The van der Waals surface area contributed by atoms with Crippen LogP contribution in [-0.4, -0.2) is 40.2 Å². The van der Waals surface area contributed by atoms with E-state index in [1.54, 1.807) is 0 Å². The van der Waals surface area contributed by atoms with Crippen molar-refractivity contribution in [3.05, 3.63) is 12.1 Å². The van der Waals surface area contributed by atoms with Crippen molar-refractivity contribution in [2.24, 2.45) is 0 Å². The third-order valence-electron chi connectivity index (χ3n) is 1.98. The van der Waals surface area contributed by atoms with E-state index in [2.05, 4.69) is 9.47 Å². The Morgan fingerprint density at radius 1 is 0.900 bits per heavy atom. The van der Waals surface area contributed by atoms with Crippen LogP contribution >= 0.6 is 0 Å². The Bertz CT molecular complexity index is 668. The zero-order valence-corrected chi connectivity index (χ0v) is 16.9. The van der Waals surface area contributed by atoms with Crippen molar-refractivity contribution in [2.45, 2.75) is 9.79 Å². The Kier molecular flexibility index (Phi) is 9.53. The summed E-state index contributed by atoms with van der Waals surface area (Å²) in [5.74, 6) is -0.802. The minimum atomic E-state index is -5.02. The van der Waals surface area contributed by atoms with Crippen LogP contribution in [0, 0.1) is 0 Å². The van der Waals surface area contributed by atoms with E-state index in [0.717, 1.165) is 20.3 Å². The van der Waals surface area contributed by atoms with Gasteiger partial charge in [-0.2, -0.15) is 0 Å². The van der Waals surface area contributed by atoms with Crippen LogP contribution in [0.15, 0.2) is 21.9 Å². The van der Waals surface area contributed by atoms with Crippen molar-refractivity contribution >= 4 is 20.2 Å². The van der Waals surface area contributed by atoms with Crippen LogP contribution in [0.5, 0.6) is 11.5 Å². The average molecular weight is 342 g/mol. The molecule has 0 aliphatic carbocycles. The van der Waals surface area contributed by atoms with Gasteiger partial charge in [-0.3, -0.25) is 0 Å². The van der Waals surface area contributed by atoms with Gasteiger partial charge in [-0.15, -0.1) is 0 Å². The number of hydrogen-bond donors (Lipinski definition) is 0. The minimum Gasteiger partial charge on any atom is -0.744 e. The predicted molar refractivity (Wildman–Crippen MR) is 55.5 cm³/mol. The first-order valence-corrected chi connectivity index (χ1v) is 7.10. The molecule has 1 aromatic carbocycles. The monoisotopic (exact) mass is 342 g/mol. The van der Waals surface area contributed by atoms with Crippen molar-refractivity contribution in [3.63, 3.8) is 0 Å². The summed E-state index contributed by atoms with van der Waals surface area (Å²) < 4.78 is 74.7. The molecule has 0 radical (unpaired) electrons. The summed E-state index contributed by atoms with van der Waals surface area (Å²) >= 11 is 0. The van der Waals surface area contributed by atoms with Gasteiger partial charge in [0, 0.05) is 6.07 Å². The summed E-state index contributed by atoms with van der Waals surface area (Å²) in [5, 5.41) is 0. The Labute approximate surface area is 160 Å². The fourth-order valence-corrected chi connectivity index (χ4v) is 2.51. The molecule has 0 aliphatic rings. The Hall–Kier alpha value is 0.640. The average Bonchev–Trinajstić information content (AvgIpc) is 2.24. The molecule has 1 rings (SSSR count). The number of ether oxygens (including phenoxy) is 2. The molecule has 0 saturated heterocycles. The predicted octanol–water partition coefficient (Wildman–Crippen LogP) is -6.48. The van der Waals surface area contributed by atoms with E-state index in [9.17, 15) is 25.9 Å². The molecule has 0 bridgehead atoms. The number of hydrogen-bond acceptors (Lipinski definition) is 8. The van der Waals surface area contributed by atoms with Crippen molar-refractivity contribution in [1.82, 2.24) is 0 Å². The van der Waals surface area contributed by atoms with Crippen molar-refractivity contribution in [3.8, 4) is 11.5 Å². The molecule has 0 heterocycles. The van der Waals surface area contributed by atoms with E-state index in [1.807, 2.05) is 0 Å². The van der Waals surface area contributed by atoms with Crippen LogP contribution in [0.2, 0.25) is 0 Å². The van der Waals surface area contributed by atoms with Gasteiger partial charge in [0.1, 0.15) is 25.1 Å². The van der Waals surface area contributed by atoms with Gasteiger partial charge in [-0.05, 0) is 6.07 Å². The van der Waals surface area contributed by atoms with Gasteiger partial charge in [-0.1, -0.05) is 0 Å². The number of methoxy groups -OCH3 is 2. The maximum Gasteiger partial charge on any atom is 1.00 e. The molecule has 0 fully saturated rings. The summed E-state index contributed by atoms with van der Waals surface area (Å²) in [4.78, 5) is -1.87. The maximum atomic E-state index is 11.0. The normalized spacial score (nSPS) is 11.0. The van der Waals surface area contributed by atoms with Crippen LogP contribution in [0.4, 0.5) is 0 Å². The van der Waals surface area contributed by atoms with Crippen molar-refractivity contribution in [2.75, 3.05) is 14.2 Å². The van der Waals surface area contributed by atoms with Crippen LogP contribution in [0.3, 0.4) is 0 Å². The largest absolute Gasteiger partial charge is 1.00 e. The molecule has 0 saturated carbocycles. The molecule has 102 valence electrons. The second-order valence-corrected chi connectivity index (χ2v) is 5.79. The molecule has 1 aromatic rings. The molecule has 0 spiro atoms. The van der Waals surface area contributed by atoms with Gasteiger partial charge in [-0.25, -0.2) is 16.8 Å². The topological polar surface area (TPSA) is 133 Å². The third kappa shape index (κ3) is 5.44. The van der Waals surface area contributed by atoms with E-state index in [4.69, 9.17) is 0 Å². The fraction of sp³-hybridized carbons (Fsp3) is 0.250. The molecule has 0 atom stereocenters. The Morgan fingerprint density at radius 2 is 1.40 bits per heavy atom. The quantitative estimate of drug-likeness (QED) is 0.390. The van der Waals surface area contributed by atoms with Crippen LogP contribution in [0.25, 0.3) is 0 Å². The van der Waals surface area contributed by atoms with E-state index in [0.29, 0.717) is 6.07 Å². The van der Waals surface area contributed by atoms with Crippen molar-refractivity contribution < 1.29 is 94.5 Å². The minimum absolute atomic E-state index is 0. The van der Waals surface area contributed by atoms with E-state index in [-0.39, 0.29) is 64.9 Å². The van der Waals surface area contributed by atoms with Gasteiger partial charge < -0.3 is 18.6 Å². The van der Waals surface area contributed by atoms with Crippen molar-refractivity contribution in [1.29, 1.82) is 0 Å². The van der Waals surface area contributed by atoms with Gasteiger partial charge in [0.25, 0.3) is 0 Å². The molecule has 0 aromatic heterocycles. The second-order valence-electron chi connectivity index (χ2n) is 3.07. The Morgan fingerprint density at radius 3 is 1.70 bits per heavy atom. The molecule has 20 heavy (non-hydrogen) atoms. The molecule has 0 unspecified atom stereocenters. The van der Waals surface area contributed by atoms with Gasteiger partial charge in [0.2, 0.25) is 0 Å². The fourth-order valence-electron chi connectivity index (χ4n) is 1.24. The van der Waals surface area contributed by atoms with Gasteiger partial charge in [0.05, 0.1) is 19.1 Å². The number of benzene rings is 1. The molecule has 8 nitrogen and oxygen atoms in total. The summed E-state index contributed by atoms with van der Waals surface area (Å²) in [6, 6.07) is 1.21. The third-order valence-corrected chi connectivity index (χ3v) is 3.63. The summed E-state index contributed by atoms with van der Waals surface area (Å²) in [7, 11) is -7.79. The molecule has 0 aliphatic heterocycles. The molecule has 0 amide bonds. The first kappa shape index (κ1) is 22.9. The van der Waals surface area contributed by atoms with Gasteiger partial charge >= 0.3 is 59.1 Å². The van der Waals surface area contributed by atoms with E-state index in [1.165, 1.54) is 0 Å². The van der Waals surface area contributed by atoms with Crippen LogP contribution in [0.1, 0.15) is 0 Å². The van der Waals surface area contributed by atoms with Crippen LogP contribution in [-0.2, 0) is 20.2 Å². The second kappa shape index (κ2) is 8.32. The molecule has 0 N–H and O–H groups in total. The van der Waals surface area contributed by atoms with Gasteiger partial charge in [0.15, 0.2) is 11.5 Å². The van der Waals surface area contributed by atoms with E-state index < -0.39 is 35.8 Å². The zero-order chi connectivity index (χ0) is 14.1. The smallest absolute Gasteiger partial charge is 0.744 e. The molecular weight excluding hydrogens is 334 g/mol.